The molecular formula is C27H26FN3O5. The monoisotopic (exact) mass is 491 g/mol. The Balaban J connectivity index is 1.60. The molecule has 0 saturated carbocycles. The van der Waals surface area contributed by atoms with Crippen LogP contribution in [-0.2, 0) is 11.4 Å². The highest BCUT2D eigenvalue weighted by atomic mass is 19.1. The second kappa shape index (κ2) is 10.8. The Morgan fingerprint density at radius 1 is 0.972 bits per heavy atom. The van der Waals surface area contributed by atoms with E-state index < -0.39 is 18.0 Å². The van der Waals surface area contributed by atoms with Crippen molar-refractivity contribution in [2.24, 2.45) is 0 Å². The number of urea groups is 1. The number of nitrogens with one attached hydrogen (secondary N) is 3. The molecule has 8 nitrogen and oxygen atoms in total. The number of benzene rings is 3. The molecule has 0 unspecified atom stereocenters. The molecule has 0 radical (unpaired) electrons. The van der Waals surface area contributed by atoms with E-state index in [1.807, 2.05) is 0 Å². The van der Waals surface area contributed by atoms with Crippen LogP contribution in [0.5, 0.6) is 17.2 Å². The molecular weight excluding hydrogens is 465 g/mol. The minimum absolute atomic E-state index is 0.214. The first-order chi connectivity index (χ1) is 17.4. The first kappa shape index (κ1) is 24.6. The van der Waals surface area contributed by atoms with Gasteiger partial charge in [0.15, 0.2) is 11.5 Å². The Morgan fingerprint density at radius 3 is 2.42 bits per heavy atom. The zero-order valence-corrected chi connectivity index (χ0v) is 20.1. The summed E-state index contributed by atoms with van der Waals surface area (Å²) in [6, 6.07) is 17.1. The number of allylic oxidation sites excluding steroid dienone is 1. The first-order valence-corrected chi connectivity index (χ1v) is 11.2. The van der Waals surface area contributed by atoms with Crippen molar-refractivity contribution in [2.75, 3.05) is 19.5 Å². The summed E-state index contributed by atoms with van der Waals surface area (Å²) in [5.74, 6) is 0.678. The fourth-order valence-electron chi connectivity index (χ4n) is 3.91. The zero-order valence-electron chi connectivity index (χ0n) is 20.1. The minimum atomic E-state index is -0.742. The van der Waals surface area contributed by atoms with Crippen LogP contribution in [0, 0.1) is 5.82 Å². The van der Waals surface area contributed by atoms with Crippen LogP contribution in [0.4, 0.5) is 14.9 Å². The second-order valence-corrected chi connectivity index (χ2v) is 8.05. The average molecular weight is 492 g/mol. The molecule has 0 fully saturated rings. The SMILES string of the molecule is COc1ccccc1NC(=O)C1=C(C)NC(=O)N[C@H]1c1ccc(OCc2ccc(F)cc2)c(OC)c1. The van der Waals surface area contributed by atoms with E-state index in [9.17, 15) is 14.0 Å². The summed E-state index contributed by atoms with van der Waals surface area (Å²) in [5, 5.41) is 8.33. The summed E-state index contributed by atoms with van der Waals surface area (Å²) >= 11 is 0. The third-order valence-corrected chi connectivity index (χ3v) is 5.70. The maximum Gasteiger partial charge on any atom is 0.319 e. The van der Waals surface area contributed by atoms with Crippen LogP contribution in [0.2, 0.25) is 0 Å². The van der Waals surface area contributed by atoms with Crippen LogP contribution in [0.1, 0.15) is 24.1 Å². The zero-order chi connectivity index (χ0) is 25.7. The van der Waals surface area contributed by atoms with Gasteiger partial charge < -0.3 is 30.2 Å². The number of amides is 3. The molecule has 1 aliphatic heterocycles. The molecule has 9 heteroatoms. The van der Waals surface area contributed by atoms with Gasteiger partial charge in [-0.15, -0.1) is 0 Å². The fourth-order valence-corrected chi connectivity index (χ4v) is 3.91. The highest BCUT2D eigenvalue weighted by molar-refractivity contribution is 6.07. The first-order valence-electron chi connectivity index (χ1n) is 11.2. The van der Waals surface area contributed by atoms with Gasteiger partial charge >= 0.3 is 6.03 Å². The third-order valence-electron chi connectivity index (χ3n) is 5.70. The van der Waals surface area contributed by atoms with Gasteiger partial charge in [-0.05, 0) is 54.4 Å². The lowest BCUT2D eigenvalue weighted by atomic mass is 9.94. The number of para-hydroxylation sites is 2. The number of rotatable bonds is 8. The lowest BCUT2D eigenvalue weighted by Gasteiger charge is -2.29. The maximum absolute atomic E-state index is 13.3. The Kier molecular flexibility index (Phi) is 7.39. The summed E-state index contributed by atoms with van der Waals surface area (Å²) in [4.78, 5) is 25.6. The van der Waals surface area contributed by atoms with E-state index in [0.29, 0.717) is 39.8 Å². The van der Waals surface area contributed by atoms with E-state index >= 15 is 0 Å². The molecule has 3 amide bonds. The lowest BCUT2D eigenvalue weighted by molar-refractivity contribution is -0.113. The van der Waals surface area contributed by atoms with Crippen molar-refractivity contribution in [3.05, 3.63) is 94.9 Å². The van der Waals surface area contributed by atoms with Gasteiger partial charge in [0.1, 0.15) is 18.2 Å². The molecule has 4 rings (SSSR count). The number of carbonyl (C=O) groups excluding carboxylic acids is 2. The molecule has 3 aromatic rings. The Bertz CT molecular complexity index is 1310. The van der Waals surface area contributed by atoms with Crippen LogP contribution < -0.4 is 30.2 Å². The van der Waals surface area contributed by atoms with Crippen molar-refractivity contribution in [3.63, 3.8) is 0 Å². The molecule has 36 heavy (non-hydrogen) atoms. The van der Waals surface area contributed by atoms with Crippen LogP contribution >= 0.6 is 0 Å². The minimum Gasteiger partial charge on any atom is -0.495 e. The lowest BCUT2D eigenvalue weighted by Crippen LogP contribution is -2.46. The van der Waals surface area contributed by atoms with Crippen molar-refractivity contribution in [1.29, 1.82) is 0 Å². The smallest absolute Gasteiger partial charge is 0.319 e. The van der Waals surface area contributed by atoms with Gasteiger partial charge in [0, 0.05) is 5.70 Å². The molecule has 0 saturated heterocycles. The summed E-state index contributed by atoms with van der Waals surface area (Å²) in [7, 11) is 3.02. The summed E-state index contributed by atoms with van der Waals surface area (Å²) in [6.07, 6.45) is 0. The number of carbonyl (C=O) groups is 2. The van der Waals surface area contributed by atoms with Gasteiger partial charge in [0.05, 0.1) is 31.5 Å². The van der Waals surface area contributed by atoms with Gasteiger partial charge in [-0.3, -0.25) is 4.79 Å². The molecule has 1 heterocycles. The van der Waals surface area contributed by atoms with Gasteiger partial charge in [-0.1, -0.05) is 30.3 Å². The number of anilines is 1. The van der Waals surface area contributed by atoms with Gasteiger partial charge in [0.2, 0.25) is 0 Å². The summed E-state index contributed by atoms with van der Waals surface area (Å²) in [5.41, 5.74) is 2.68. The normalized spacial score (nSPS) is 15.0. The van der Waals surface area contributed by atoms with Gasteiger partial charge in [-0.25, -0.2) is 9.18 Å². The molecule has 186 valence electrons. The van der Waals surface area contributed by atoms with Gasteiger partial charge in [0.25, 0.3) is 5.91 Å². The topological polar surface area (TPSA) is 97.9 Å². The van der Waals surface area contributed by atoms with Crippen molar-refractivity contribution in [1.82, 2.24) is 10.6 Å². The third kappa shape index (κ3) is 5.41. The number of ether oxygens (including phenoxy) is 3. The number of halogens is 1. The molecule has 0 spiro atoms. The van der Waals surface area contributed by atoms with Gasteiger partial charge in [-0.2, -0.15) is 0 Å². The van der Waals surface area contributed by atoms with Crippen molar-refractivity contribution in [2.45, 2.75) is 19.6 Å². The van der Waals surface area contributed by atoms with E-state index in [2.05, 4.69) is 16.0 Å². The van der Waals surface area contributed by atoms with Crippen LogP contribution in [0.15, 0.2) is 78.0 Å². The number of methoxy groups -OCH3 is 2. The molecule has 0 aliphatic carbocycles. The molecule has 1 aliphatic rings. The standard InChI is InChI=1S/C27H26FN3O5/c1-16-24(26(32)30-20-6-4-5-7-21(20)34-2)25(31-27(33)29-16)18-10-13-22(23(14-18)35-3)36-15-17-8-11-19(28)12-9-17/h4-14,25H,15H2,1-3H3,(H,30,32)(H2,29,31,33)/t25-/m0/s1. The van der Waals surface area contributed by atoms with E-state index in [4.69, 9.17) is 14.2 Å². The molecule has 0 aromatic heterocycles. The Labute approximate surface area is 208 Å². The highest BCUT2D eigenvalue weighted by Crippen LogP contribution is 2.35. The van der Waals surface area contributed by atoms with Crippen molar-refractivity contribution in [3.8, 4) is 17.2 Å². The van der Waals surface area contributed by atoms with Crippen LogP contribution in [0.3, 0.4) is 0 Å². The van der Waals surface area contributed by atoms with E-state index in [1.54, 1.807) is 61.5 Å². The van der Waals surface area contributed by atoms with E-state index in [0.717, 1.165) is 5.56 Å². The molecule has 3 aromatic carbocycles. The van der Waals surface area contributed by atoms with Crippen molar-refractivity contribution >= 4 is 17.6 Å². The molecule has 1 atom stereocenters. The maximum atomic E-state index is 13.3. The summed E-state index contributed by atoms with van der Waals surface area (Å²) in [6.45, 7) is 1.88. The molecule has 3 N–H and O–H groups in total. The number of hydrogen-bond acceptors (Lipinski definition) is 5. The fraction of sp³-hybridized carbons (Fsp3) is 0.185. The largest absolute Gasteiger partial charge is 0.495 e. The predicted molar refractivity (Wildman–Crippen MR) is 132 cm³/mol. The van der Waals surface area contributed by atoms with E-state index in [-0.39, 0.29) is 12.4 Å². The van der Waals surface area contributed by atoms with Crippen LogP contribution in [0.25, 0.3) is 0 Å². The Morgan fingerprint density at radius 2 is 1.69 bits per heavy atom. The average Bonchev–Trinajstić information content (AvgIpc) is 2.88. The quantitative estimate of drug-likeness (QED) is 0.425. The predicted octanol–water partition coefficient (Wildman–Crippen LogP) is 4.69. The van der Waals surface area contributed by atoms with Crippen LogP contribution in [-0.4, -0.2) is 26.2 Å². The second-order valence-electron chi connectivity index (χ2n) is 8.05. The molecule has 0 bridgehead atoms. The Hall–Kier alpha value is -4.53. The number of hydrogen-bond donors (Lipinski definition) is 3. The summed E-state index contributed by atoms with van der Waals surface area (Å²) < 4.78 is 29.9. The van der Waals surface area contributed by atoms with Crippen molar-refractivity contribution < 1.29 is 28.2 Å². The highest BCUT2D eigenvalue weighted by Gasteiger charge is 2.32. The van der Waals surface area contributed by atoms with E-state index in [1.165, 1.54) is 26.4 Å².